The summed E-state index contributed by atoms with van der Waals surface area (Å²) in [7, 11) is 0. The van der Waals surface area contributed by atoms with E-state index in [2.05, 4.69) is 0 Å². The molecule has 47 heavy (non-hydrogen) atoms. The molecule has 0 unspecified atom stereocenters. The van der Waals surface area contributed by atoms with Gasteiger partial charge in [-0.3, -0.25) is 0 Å². The van der Waals surface area contributed by atoms with Crippen LogP contribution in [0.15, 0.2) is 168 Å². The standard InChI is InChI=1S/C43H27N3O/c1-2-11-28(12-3-1)32-15-8-16-33(27-32)42-44-41(31-25-23-30(24-26-31)35-19-9-14-29-13-4-5-17-34(29)35)45-43(46-42)37-20-10-22-39-40(37)36-18-6-7-21-38(36)47-39/h1-27H/i4D,5D,6D,7D,9D,10D,13D,14D,17D,18D,19D,20D,21D,22D. The summed E-state index contributed by atoms with van der Waals surface area (Å²) in [5, 5.41) is -0.417. The highest BCUT2D eigenvalue weighted by Crippen LogP contribution is 2.37. The zero-order valence-electron chi connectivity index (χ0n) is 38.3. The minimum absolute atomic E-state index is 0.0281. The molecule has 0 N–H and O–H groups in total. The Morgan fingerprint density at radius 2 is 1.04 bits per heavy atom. The third kappa shape index (κ3) is 4.84. The van der Waals surface area contributed by atoms with Gasteiger partial charge in [0, 0.05) is 27.5 Å². The maximum atomic E-state index is 9.15. The van der Waals surface area contributed by atoms with Gasteiger partial charge < -0.3 is 4.42 Å². The van der Waals surface area contributed by atoms with Crippen LogP contribution in [0.1, 0.15) is 19.2 Å². The van der Waals surface area contributed by atoms with Crippen LogP contribution in [0.3, 0.4) is 0 Å². The van der Waals surface area contributed by atoms with E-state index in [1.54, 1.807) is 30.3 Å². The van der Waals surface area contributed by atoms with E-state index in [0.29, 0.717) is 16.7 Å². The lowest BCUT2D eigenvalue weighted by atomic mass is 9.97. The molecule has 0 radical (unpaired) electrons. The summed E-state index contributed by atoms with van der Waals surface area (Å²) >= 11 is 0. The van der Waals surface area contributed by atoms with Crippen molar-refractivity contribution in [3.63, 3.8) is 0 Å². The number of hydrogen-bond donors (Lipinski definition) is 0. The predicted molar refractivity (Wildman–Crippen MR) is 192 cm³/mol. The van der Waals surface area contributed by atoms with E-state index in [9.17, 15) is 0 Å². The fraction of sp³-hybridized carbons (Fsp3) is 0. The number of fused-ring (bicyclic) bond motifs is 4. The number of aromatic nitrogens is 3. The van der Waals surface area contributed by atoms with Gasteiger partial charge in [0.1, 0.15) is 11.2 Å². The third-order valence-corrected chi connectivity index (χ3v) is 7.78. The van der Waals surface area contributed by atoms with Crippen molar-refractivity contribution < 1.29 is 23.6 Å². The molecule has 0 aliphatic carbocycles. The van der Waals surface area contributed by atoms with Gasteiger partial charge >= 0.3 is 0 Å². The molecular formula is C43H27N3O. The zero-order valence-corrected chi connectivity index (χ0v) is 24.3. The van der Waals surface area contributed by atoms with Gasteiger partial charge in [0.2, 0.25) is 0 Å². The largest absolute Gasteiger partial charge is 0.456 e. The fourth-order valence-electron chi connectivity index (χ4n) is 5.56. The van der Waals surface area contributed by atoms with Gasteiger partial charge in [-0.15, -0.1) is 0 Å². The Bertz CT molecular complexity index is 3350. The van der Waals surface area contributed by atoms with Gasteiger partial charge in [0.15, 0.2) is 17.5 Å². The number of rotatable bonds is 5. The molecule has 7 aromatic carbocycles. The second-order valence-electron chi connectivity index (χ2n) is 10.6. The van der Waals surface area contributed by atoms with Crippen molar-refractivity contribution in [2.45, 2.75) is 0 Å². The average molecular weight is 616 g/mol. The van der Waals surface area contributed by atoms with E-state index in [0.717, 1.165) is 11.1 Å². The van der Waals surface area contributed by atoms with Gasteiger partial charge in [0.05, 0.1) is 19.2 Å². The maximum Gasteiger partial charge on any atom is 0.164 e. The monoisotopic (exact) mass is 615 g/mol. The first kappa shape index (κ1) is 16.3. The van der Waals surface area contributed by atoms with E-state index < -0.39 is 84.6 Å². The quantitative estimate of drug-likeness (QED) is 0.193. The molecule has 0 fully saturated rings. The molecule has 0 aliphatic rings. The number of nitrogens with zero attached hydrogens (tertiary/aromatic N) is 3. The summed E-state index contributed by atoms with van der Waals surface area (Å²) in [6.45, 7) is 0. The summed E-state index contributed by atoms with van der Waals surface area (Å²) in [5.74, 6) is 0.0278. The van der Waals surface area contributed by atoms with Gasteiger partial charge in [-0.25, -0.2) is 15.0 Å². The van der Waals surface area contributed by atoms with Crippen LogP contribution in [0.25, 0.3) is 89.1 Å². The van der Waals surface area contributed by atoms with E-state index in [4.69, 9.17) is 38.6 Å². The lowest BCUT2D eigenvalue weighted by Gasteiger charge is -2.11. The molecule has 0 spiro atoms. The molecule has 0 saturated heterocycles. The summed E-state index contributed by atoms with van der Waals surface area (Å²) in [6, 6.07) is 16.1. The molecule has 0 bridgehead atoms. The fourth-order valence-corrected chi connectivity index (χ4v) is 5.56. The van der Waals surface area contributed by atoms with Crippen LogP contribution < -0.4 is 0 Å². The third-order valence-electron chi connectivity index (χ3n) is 7.78. The van der Waals surface area contributed by atoms with Crippen molar-refractivity contribution in [1.29, 1.82) is 0 Å². The van der Waals surface area contributed by atoms with Crippen molar-refractivity contribution in [3.05, 3.63) is 163 Å². The van der Waals surface area contributed by atoms with Crippen molar-refractivity contribution >= 4 is 32.7 Å². The van der Waals surface area contributed by atoms with Crippen molar-refractivity contribution in [2.24, 2.45) is 0 Å². The molecule has 2 aromatic heterocycles. The maximum absolute atomic E-state index is 9.15. The molecule has 9 rings (SSSR count). The highest BCUT2D eigenvalue weighted by Gasteiger charge is 2.18. The second-order valence-corrected chi connectivity index (χ2v) is 10.6. The summed E-state index contributed by atoms with van der Waals surface area (Å²) in [6.07, 6.45) is 0. The first-order valence-electron chi connectivity index (χ1n) is 21.6. The van der Waals surface area contributed by atoms with Gasteiger partial charge in [0.25, 0.3) is 0 Å². The van der Waals surface area contributed by atoms with E-state index >= 15 is 0 Å². The van der Waals surface area contributed by atoms with Crippen LogP contribution in [0.4, 0.5) is 0 Å². The summed E-state index contributed by atoms with van der Waals surface area (Å²) in [5.41, 5.74) is 2.35. The van der Waals surface area contributed by atoms with E-state index in [-0.39, 0.29) is 61.3 Å². The van der Waals surface area contributed by atoms with E-state index in [1.165, 1.54) is 0 Å². The lowest BCUT2D eigenvalue weighted by molar-refractivity contribution is 0.669. The highest BCUT2D eigenvalue weighted by molar-refractivity contribution is 6.11. The smallest absolute Gasteiger partial charge is 0.164 e. The van der Waals surface area contributed by atoms with Crippen LogP contribution in [-0.4, -0.2) is 15.0 Å². The lowest BCUT2D eigenvalue weighted by Crippen LogP contribution is -2.00. The van der Waals surface area contributed by atoms with Gasteiger partial charge in [-0.1, -0.05) is 145 Å². The molecule has 220 valence electrons. The normalized spacial score (nSPS) is 15.6. The minimum Gasteiger partial charge on any atom is -0.456 e. The van der Waals surface area contributed by atoms with Crippen molar-refractivity contribution in [1.82, 2.24) is 15.0 Å². The Morgan fingerprint density at radius 1 is 0.426 bits per heavy atom. The Morgan fingerprint density at radius 3 is 1.91 bits per heavy atom. The number of hydrogen-bond acceptors (Lipinski definition) is 4. The van der Waals surface area contributed by atoms with Crippen LogP contribution >= 0.6 is 0 Å². The topological polar surface area (TPSA) is 51.8 Å². The van der Waals surface area contributed by atoms with Gasteiger partial charge in [-0.2, -0.15) is 0 Å². The number of para-hydroxylation sites is 1. The number of benzene rings is 7. The average Bonchev–Trinajstić information content (AvgIpc) is 3.68. The molecule has 4 nitrogen and oxygen atoms in total. The molecule has 2 heterocycles. The van der Waals surface area contributed by atoms with Crippen LogP contribution in [0.5, 0.6) is 0 Å². The molecule has 0 aliphatic heterocycles. The molecule has 0 atom stereocenters. The Labute approximate surface area is 291 Å². The summed E-state index contributed by atoms with van der Waals surface area (Å²) < 4.78 is 126. The minimum atomic E-state index is -0.567. The molecule has 0 amide bonds. The van der Waals surface area contributed by atoms with Crippen LogP contribution in [0.2, 0.25) is 0 Å². The van der Waals surface area contributed by atoms with Crippen molar-refractivity contribution in [2.75, 3.05) is 0 Å². The SMILES string of the molecule is [2H]c1c([2H])c([2H])c2c(oc3c([2H])c([2H])c([2H])c(-c4nc(-c5ccc(-c6c([2H])c([2H])c([2H])c7c([2H])c([2H])c([2H])c([2H])c67)cc5)nc(-c5cccc(-c6ccccc6)c5)n4)c32)c1[2H]. The van der Waals surface area contributed by atoms with Gasteiger partial charge in [-0.05, 0) is 51.2 Å². The van der Waals surface area contributed by atoms with Crippen molar-refractivity contribution in [3.8, 4) is 56.4 Å². The Balaban J connectivity index is 1.31. The van der Waals surface area contributed by atoms with E-state index in [1.807, 2.05) is 48.5 Å². The highest BCUT2D eigenvalue weighted by atomic mass is 16.3. The van der Waals surface area contributed by atoms with Crippen LogP contribution in [0, 0.1) is 0 Å². The Kier molecular flexibility index (Phi) is 3.87. The summed E-state index contributed by atoms with van der Waals surface area (Å²) in [4.78, 5) is 14.4. The molecule has 4 heteroatoms. The number of furan rings is 1. The Hall–Kier alpha value is -6.39. The first-order chi connectivity index (χ1) is 29.1. The molecule has 9 aromatic rings. The predicted octanol–water partition coefficient (Wildman–Crippen LogP) is 11.3. The first-order valence-corrected chi connectivity index (χ1v) is 14.6. The molecule has 0 saturated carbocycles. The second kappa shape index (κ2) is 11.2. The zero-order chi connectivity index (χ0) is 43.3. The van der Waals surface area contributed by atoms with Crippen LogP contribution in [-0.2, 0) is 0 Å². The molecular weight excluding hydrogens is 574 g/mol.